The van der Waals surface area contributed by atoms with Crippen molar-refractivity contribution < 1.29 is 22.7 Å². The first-order valence-corrected chi connectivity index (χ1v) is 6.79. The standard InChI is InChI=1S/C14H13BrF3NO2/c1-7-4-5-8(6-9(7)14(16,17)18)10-11(20)12(15)21-13(10)19(2)3/h4-6,20H,1-3H3. The van der Waals surface area contributed by atoms with Gasteiger partial charge < -0.3 is 14.4 Å². The zero-order valence-corrected chi connectivity index (χ0v) is 13.1. The lowest BCUT2D eigenvalue weighted by Crippen LogP contribution is -2.09. The number of anilines is 1. The lowest BCUT2D eigenvalue weighted by Gasteiger charge is -2.14. The lowest BCUT2D eigenvalue weighted by atomic mass is 10.00. The summed E-state index contributed by atoms with van der Waals surface area (Å²) in [5.74, 6) is 0.0482. The molecule has 0 saturated heterocycles. The fourth-order valence-electron chi connectivity index (χ4n) is 2.04. The van der Waals surface area contributed by atoms with Gasteiger partial charge in [-0.2, -0.15) is 13.2 Å². The highest BCUT2D eigenvalue weighted by atomic mass is 79.9. The summed E-state index contributed by atoms with van der Waals surface area (Å²) in [4.78, 5) is 1.58. The fraction of sp³-hybridized carbons (Fsp3) is 0.286. The van der Waals surface area contributed by atoms with E-state index in [2.05, 4.69) is 15.9 Å². The largest absolute Gasteiger partial charge is 0.503 e. The van der Waals surface area contributed by atoms with Gasteiger partial charge in [-0.05, 0) is 40.0 Å². The van der Waals surface area contributed by atoms with E-state index in [1.165, 1.54) is 19.1 Å². The minimum absolute atomic E-state index is 0.0790. The zero-order chi connectivity index (χ0) is 15.9. The Kier molecular flexibility index (Phi) is 3.97. The van der Waals surface area contributed by atoms with Gasteiger partial charge in [-0.3, -0.25) is 0 Å². The summed E-state index contributed by atoms with van der Waals surface area (Å²) in [5.41, 5.74) is -0.151. The van der Waals surface area contributed by atoms with Crippen molar-refractivity contribution in [3.63, 3.8) is 0 Å². The minimum atomic E-state index is -4.45. The number of benzene rings is 1. The first kappa shape index (κ1) is 15.8. The summed E-state index contributed by atoms with van der Waals surface area (Å²) in [7, 11) is 3.35. The van der Waals surface area contributed by atoms with Crippen LogP contribution in [0.3, 0.4) is 0 Å². The van der Waals surface area contributed by atoms with E-state index in [4.69, 9.17) is 4.42 Å². The van der Waals surface area contributed by atoms with Crippen molar-refractivity contribution in [2.45, 2.75) is 13.1 Å². The number of hydrogen-bond acceptors (Lipinski definition) is 3. The number of hydrogen-bond donors (Lipinski definition) is 1. The zero-order valence-electron chi connectivity index (χ0n) is 11.5. The molecular weight excluding hydrogens is 351 g/mol. The summed E-state index contributed by atoms with van der Waals surface area (Å²) in [6, 6.07) is 3.91. The normalized spacial score (nSPS) is 11.8. The number of rotatable bonds is 2. The van der Waals surface area contributed by atoms with Crippen LogP contribution in [-0.2, 0) is 6.18 Å². The van der Waals surface area contributed by atoms with Gasteiger partial charge in [0.1, 0.15) is 0 Å². The molecule has 2 rings (SSSR count). The van der Waals surface area contributed by atoms with Gasteiger partial charge in [0.05, 0.1) is 11.1 Å². The molecule has 114 valence electrons. The molecule has 1 heterocycles. The van der Waals surface area contributed by atoms with Crippen molar-refractivity contribution in [3.05, 3.63) is 34.0 Å². The molecule has 7 heteroatoms. The van der Waals surface area contributed by atoms with Gasteiger partial charge in [-0.1, -0.05) is 12.1 Å². The molecule has 0 saturated carbocycles. The van der Waals surface area contributed by atoms with Crippen LogP contribution in [0.2, 0.25) is 0 Å². The fourth-order valence-corrected chi connectivity index (χ4v) is 2.39. The first-order valence-electron chi connectivity index (χ1n) is 5.99. The highest BCUT2D eigenvalue weighted by Gasteiger charge is 2.33. The van der Waals surface area contributed by atoms with Gasteiger partial charge in [0.2, 0.25) is 10.6 Å². The van der Waals surface area contributed by atoms with Crippen molar-refractivity contribution in [3.8, 4) is 16.9 Å². The van der Waals surface area contributed by atoms with E-state index in [1.54, 1.807) is 19.0 Å². The van der Waals surface area contributed by atoms with Crippen LogP contribution in [0.15, 0.2) is 27.3 Å². The van der Waals surface area contributed by atoms with Gasteiger partial charge in [-0.25, -0.2) is 0 Å². The van der Waals surface area contributed by atoms with E-state index in [-0.39, 0.29) is 33.0 Å². The monoisotopic (exact) mass is 363 g/mol. The minimum Gasteiger partial charge on any atom is -0.503 e. The Bertz CT molecular complexity index is 678. The summed E-state index contributed by atoms with van der Waals surface area (Å²) in [6.45, 7) is 1.39. The second kappa shape index (κ2) is 5.29. The number of furan rings is 1. The Hall–Kier alpha value is -1.63. The molecule has 0 unspecified atom stereocenters. The van der Waals surface area contributed by atoms with Crippen LogP contribution in [-0.4, -0.2) is 19.2 Å². The summed E-state index contributed by atoms with van der Waals surface area (Å²) < 4.78 is 44.4. The topological polar surface area (TPSA) is 36.6 Å². The summed E-state index contributed by atoms with van der Waals surface area (Å²) in [6.07, 6.45) is -4.45. The molecule has 0 amide bonds. The molecule has 0 atom stereocenters. The summed E-state index contributed by atoms with van der Waals surface area (Å²) in [5, 5.41) is 10.0. The van der Waals surface area contributed by atoms with Crippen LogP contribution < -0.4 is 4.90 Å². The average molecular weight is 364 g/mol. The Morgan fingerprint density at radius 1 is 1.24 bits per heavy atom. The van der Waals surface area contributed by atoms with E-state index in [0.29, 0.717) is 0 Å². The SMILES string of the molecule is Cc1ccc(-c2c(N(C)C)oc(Br)c2O)cc1C(F)(F)F. The molecule has 0 bridgehead atoms. The second-order valence-corrected chi connectivity index (χ2v) is 5.55. The van der Waals surface area contributed by atoms with E-state index >= 15 is 0 Å². The molecule has 0 radical (unpaired) electrons. The second-order valence-electron chi connectivity index (χ2n) is 4.83. The Labute approximate surface area is 128 Å². The number of nitrogens with zero attached hydrogens (tertiary/aromatic N) is 1. The number of halogens is 4. The smallest absolute Gasteiger partial charge is 0.416 e. The van der Waals surface area contributed by atoms with Crippen LogP contribution in [0, 0.1) is 6.92 Å². The molecule has 0 fully saturated rings. The average Bonchev–Trinajstić information content (AvgIpc) is 2.66. The van der Waals surface area contributed by atoms with Crippen LogP contribution in [0.4, 0.5) is 19.1 Å². The van der Waals surface area contributed by atoms with Crippen molar-refractivity contribution in [1.29, 1.82) is 0 Å². The molecule has 0 spiro atoms. The van der Waals surface area contributed by atoms with Gasteiger partial charge in [0.15, 0.2) is 5.75 Å². The quantitative estimate of drug-likeness (QED) is 0.831. The van der Waals surface area contributed by atoms with E-state index in [1.807, 2.05) is 0 Å². The Balaban J connectivity index is 2.69. The molecule has 0 aliphatic rings. The van der Waals surface area contributed by atoms with Crippen LogP contribution in [0.1, 0.15) is 11.1 Å². The maximum atomic E-state index is 13.0. The highest BCUT2D eigenvalue weighted by molar-refractivity contribution is 9.10. The van der Waals surface area contributed by atoms with Crippen LogP contribution >= 0.6 is 15.9 Å². The maximum Gasteiger partial charge on any atom is 0.416 e. The predicted molar refractivity (Wildman–Crippen MR) is 77.6 cm³/mol. The van der Waals surface area contributed by atoms with Crippen molar-refractivity contribution >= 4 is 21.8 Å². The van der Waals surface area contributed by atoms with E-state index < -0.39 is 11.7 Å². The number of aryl methyl sites for hydroxylation is 1. The predicted octanol–water partition coefficient (Wildman–Crippen LogP) is 4.81. The molecule has 1 N–H and O–H groups in total. The maximum absolute atomic E-state index is 13.0. The third-order valence-electron chi connectivity index (χ3n) is 3.06. The van der Waals surface area contributed by atoms with Crippen molar-refractivity contribution in [1.82, 2.24) is 0 Å². The van der Waals surface area contributed by atoms with Gasteiger partial charge in [0.25, 0.3) is 0 Å². The Morgan fingerprint density at radius 3 is 2.38 bits per heavy atom. The van der Waals surface area contributed by atoms with E-state index in [0.717, 1.165) is 6.07 Å². The molecular formula is C14H13BrF3NO2. The third-order valence-corrected chi connectivity index (χ3v) is 3.60. The molecule has 1 aromatic heterocycles. The van der Waals surface area contributed by atoms with Crippen molar-refractivity contribution in [2.75, 3.05) is 19.0 Å². The molecule has 21 heavy (non-hydrogen) atoms. The van der Waals surface area contributed by atoms with Gasteiger partial charge >= 0.3 is 6.18 Å². The highest BCUT2D eigenvalue weighted by Crippen LogP contribution is 2.46. The van der Waals surface area contributed by atoms with Gasteiger partial charge in [-0.15, -0.1) is 0 Å². The molecule has 0 aliphatic carbocycles. The van der Waals surface area contributed by atoms with E-state index in [9.17, 15) is 18.3 Å². The summed E-state index contributed by atoms with van der Waals surface area (Å²) >= 11 is 3.04. The number of aromatic hydroxyl groups is 1. The van der Waals surface area contributed by atoms with Crippen molar-refractivity contribution in [2.24, 2.45) is 0 Å². The Morgan fingerprint density at radius 2 is 1.86 bits per heavy atom. The molecule has 0 aliphatic heterocycles. The third kappa shape index (κ3) is 2.88. The molecule has 2 aromatic rings. The molecule has 1 aromatic carbocycles. The van der Waals surface area contributed by atoms with Crippen LogP contribution in [0.25, 0.3) is 11.1 Å². The number of alkyl halides is 3. The van der Waals surface area contributed by atoms with Crippen LogP contribution in [0.5, 0.6) is 5.75 Å². The molecule has 3 nitrogen and oxygen atoms in total. The van der Waals surface area contributed by atoms with Gasteiger partial charge in [0, 0.05) is 14.1 Å². The first-order chi connectivity index (χ1) is 9.62. The lowest BCUT2D eigenvalue weighted by molar-refractivity contribution is -0.138.